The summed E-state index contributed by atoms with van der Waals surface area (Å²) in [6.45, 7) is 1.49. The van der Waals surface area contributed by atoms with E-state index in [0.717, 1.165) is 25.8 Å². The van der Waals surface area contributed by atoms with E-state index in [-0.39, 0.29) is 6.03 Å². The fourth-order valence-electron chi connectivity index (χ4n) is 2.77. The third-order valence-electron chi connectivity index (χ3n) is 4.03. The predicted molar refractivity (Wildman–Crippen MR) is 73.4 cm³/mol. The molecule has 0 radical (unpaired) electrons. The van der Waals surface area contributed by atoms with Gasteiger partial charge >= 0.3 is 6.03 Å². The highest BCUT2D eigenvalue weighted by atomic mass is 16.2. The van der Waals surface area contributed by atoms with Crippen molar-refractivity contribution in [3.8, 4) is 0 Å². The maximum Gasteiger partial charge on any atom is 0.317 e. The molecule has 0 saturated heterocycles. The van der Waals surface area contributed by atoms with E-state index in [2.05, 4.69) is 10.2 Å². The zero-order chi connectivity index (χ0) is 12.8. The highest BCUT2D eigenvalue weighted by Crippen LogP contribution is 2.24. The van der Waals surface area contributed by atoms with Crippen LogP contribution in [0.15, 0.2) is 0 Å². The van der Waals surface area contributed by atoms with Crippen molar-refractivity contribution in [1.29, 1.82) is 0 Å². The molecule has 0 aromatic carbocycles. The van der Waals surface area contributed by atoms with Crippen LogP contribution in [0.1, 0.15) is 57.8 Å². The lowest BCUT2D eigenvalue weighted by Gasteiger charge is -2.31. The van der Waals surface area contributed by atoms with Gasteiger partial charge < -0.3 is 16.0 Å². The van der Waals surface area contributed by atoms with Crippen LogP contribution in [0.3, 0.4) is 0 Å². The zero-order valence-corrected chi connectivity index (χ0v) is 11.4. The number of nitrogens with zero attached hydrogens (tertiary/aromatic N) is 1. The van der Waals surface area contributed by atoms with Gasteiger partial charge in [0.25, 0.3) is 0 Å². The number of nitrogens with two attached hydrogens (primary N) is 1. The number of urea groups is 1. The smallest absolute Gasteiger partial charge is 0.317 e. The molecule has 0 aromatic rings. The van der Waals surface area contributed by atoms with E-state index in [9.17, 15) is 4.79 Å². The third kappa shape index (κ3) is 4.16. The Bertz CT molecular complexity index is 258. The van der Waals surface area contributed by atoms with Crippen molar-refractivity contribution in [2.75, 3.05) is 13.1 Å². The Morgan fingerprint density at radius 2 is 1.78 bits per heavy atom. The molecule has 2 saturated carbocycles. The maximum atomic E-state index is 12.3. The number of carbonyl (C=O) groups excluding carboxylic acids is 1. The lowest BCUT2D eigenvalue weighted by atomic mass is 10.1. The molecule has 0 atom stereocenters. The fraction of sp³-hybridized carbons (Fsp3) is 0.929. The Labute approximate surface area is 110 Å². The molecule has 3 N–H and O–H groups in total. The molecule has 0 aliphatic heterocycles. The minimum Gasteiger partial charge on any atom is -0.335 e. The van der Waals surface area contributed by atoms with Crippen molar-refractivity contribution in [2.24, 2.45) is 5.73 Å². The molecular weight excluding hydrogens is 226 g/mol. The molecule has 0 spiro atoms. The van der Waals surface area contributed by atoms with Gasteiger partial charge in [0.2, 0.25) is 0 Å². The highest BCUT2D eigenvalue weighted by Gasteiger charge is 2.29. The molecule has 4 nitrogen and oxygen atoms in total. The van der Waals surface area contributed by atoms with Crippen LogP contribution in [0.4, 0.5) is 4.79 Å². The maximum absolute atomic E-state index is 12.3. The van der Waals surface area contributed by atoms with Crippen molar-refractivity contribution < 1.29 is 4.79 Å². The fourth-order valence-corrected chi connectivity index (χ4v) is 2.77. The van der Waals surface area contributed by atoms with E-state index in [1.165, 1.54) is 38.5 Å². The summed E-state index contributed by atoms with van der Waals surface area (Å²) in [5, 5.41) is 3.13. The molecule has 2 amide bonds. The minimum absolute atomic E-state index is 0.151. The molecule has 18 heavy (non-hydrogen) atoms. The molecule has 2 fully saturated rings. The van der Waals surface area contributed by atoms with E-state index in [0.29, 0.717) is 18.6 Å². The monoisotopic (exact) mass is 253 g/mol. The predicted octanol–water partition coefficient (Wildman–Crippen LogP) is 2.23. The van der Waals surface area contributed by atoms with Crippen molar-refractivity contribution >= 4 is 6.03 Å². The second kappa shape index (κ2) is 6.98. The summed E-state index contributed by atoms with van der Waals surface area (Å²) in [6.07, 6.45) is 10.7. The van der Waals surface area contributed by atoms with Crippen molar-refractivity contribution in [1.82, 2.24) is 10.2 Å². The summed E-state index contributed by atoms with van der Waals surface area (Å²) in [4.78, 5) is 14.4. The van der Waals surface area contributed by atoms with Gasteiger partial charge in [0.15, 0.2) is 0 Å². The summed E-state index contributed by atoms with van der Waals surface area (Å²) in [7, 11) is 0. The Hall–Kier alpha value is -0.770. The Morgan fingerprint density at radius 1 is 1.11 bits per heavy atom. The molecule has 2 rings (SSSR count). The van der Waals surface area contributed by atoms with Gasteiger partial charge in [-0.15, -0.1) is 0 Å². The number of hydrogen-bond donors (Lipinski definition) is 2. The summed E-state index contributed by atoms with van der Waals surface area (Å²) in [5.41, 5.74) is 5.59. The summed E-state index contributed by atoms with van der Waals surface area (Å²) in [6, 6.07) is 1.04. The first-order valence-corrected chi connectivity index (χ1v) is 7.58. The van der Waals surface area contributed by atoms with E-state index in [1.54, 1.807) is 0 Å². The van der Waals surface area contributed by atoms with Crippen LogP contribution >= 0.6 is 0 Å². The molecule has 104 valence electrons. The largest absolute Gasteiger partial charge is 0.335 e. The molecule has 2 aliphatic carbocycles. The van der Waals surface area contributed by atoms with Gasteiger partial charge in [-0.05, 0) is 38.6 Å². The zero-order valence-electron chi connectivity index (χ0n) is 11.4. The molecule has 0 unspecified atom stereocenters. The van der Waals surface area contributed by atoms with E-state index < -0.39 is 0 Å². The Balaban J connectivity index is 1.90. The van der Waals surface area contributed by atoms with Crippen molar-refractivity contribution in [3.05, 3.63) is 0 Å². The topological polar surface area (TPSA) is 58.4 Å². The van der Waals surface area contributed by atoms with Crippen LogP contribution in [0.25, 0.3) is 0 Å². The van der Waals surface area contributed by atoms with Gasteiger partial charge in [-0.25, -0.2) is 4.79 Å². The molecule has 0 aromatic heterocycles. The average Bonchev–Trinajstić information content (AvgIpc) is 3.16. The first-order valence-electron chi connectivity index (χ1n) is 7.58. The summed E-state index contributed by atoms with van der Waals surface area (Å²) >= 11 is 0. The van der Waals surface area contributed by atoms with Crippen LogP contribution in [-0.2, 0) is 0 Å². The van der Waals surface area contributed by atoms with E-state index in [4.69, 9.17) is 5.73 Å². The van der Waals surface area contributed by atoms with Gasteiger partial charge in [-0.2, -0.15) is 0 Å². The van der Waals surface area contributed by atoms with Crippen LogP contribution in [0.2, 0.25) is 0 Å². The standard InChI is InChI=1S/C14H27N3O/c15-10-5-11-17(14(18)16-12-8-9-12)13-6-3-1-2-4-7-13/h12-13H,1-11,15H2,(H,16,18). The first-order chi connectivity index (χ1) is 8.81. The van der Waals surface area contributed by atoms with E-state index in [1.807, 2.05) is 0 Å². The normalized spacial score (nSPS) is 21.4. The van der Waals surface area contributed by atoms with Gasteiger partial charge in [0.05, 0.1) is 0 Å². The van der Waals surface area contributed by atoms with Crippen LogP contribution in [-0.4, -0.2) is 36.1 Å². The molecule has 0 heterocycles. The quantitative estimate of drug-likeness (QED) is 0.738. The van der Waals surface area contributed by atoms with Gasteiger partial charge in [-0.1, -0.05) is 25.7 Å². The summed E-state index contributed by atoms with van der Waals surface area (Å²) in [5.74, 6) is 0. The summed E-state index contributed by atoms with van der Waals surface area (Å²) < 4.78 is 0. The van der Waals surface area contributed by atoms with Crippen LogP contribution in [0, 0.1) is 0 Å². The van der Waals surface area contributed by atoms with Crippen LogP contribution < -0.4 is 11.1 Å². The second-order valence-electron chi connectivity index (χ2n) is 5.70. The number of hydrogen-bond acceptors (Lipinski definition) is 2. The Morgan fingerprint density at radius 3 is 2.33 bits per heavy atom. The van der Waals surface area contributed by atoms with Crippen LogP contribution in [0.5, 0.6) is 0 Å². The molecule has 4 heteroatoms. The minimum atomic E-state index is 0.151. The SMILES string of the molecule is NCCCN(C(=O)NC1CC1)C1CCCCCC1. The second-order valence-corrected chi connectivity index (χ2v) is 5.70. The molecule has 2 aliphatic rings. The number of amides is 2. The lowest BCUT2D eigenvalue weighted by Crippen LogP contribution is -2.47. The third-order valence-corrected chi connectivity index (χ3v) is 4.03. The average molecular weight is 253 g/mol. The lowest BCUT2D eigenvalue weighted by molar-refractivity contribution is 0.166. The number of carbonyl (C=O) groups is 1. The van der Waals surface area contributed by atoms with Crippen molar-refractivity contribution in [3.63, 3.8) is 0 Å². The number of rotatable bonds is 5. The van der Waals surface area contributed by atoms with Gasteiger partial charge in [0.1, 0.15) is 0 Å². The molecule has 0 bridgehead atoms. The molecular formula is C14H27N3O. The van der Waals surface area contributed by atoms with Gasteiger partial charge in [-0.3, -0.25) is 0 Å². The number of nitrogens with one attached hydrogen (secondary N) is 1. The van der Waals surface area contributed by atoms with Gasteiger partial charge in [0, 0.05) is 18.6 Å². The Kier molecular flexibility index (Phi) is 5.29. The van der Waals surface area contributed by atoms with E-state index >= 15 is 0 Å². The highest BCUT2D eigenvalue weighted by molar-refractivity contribution is 5.75. The first kappa shape index (κ1) is 13.7. The van der Waals surface area contributed by atoms with Crippen molar-refractivity contribution in [2.45, 2.75) is 69.9 Å².